The molecular weight excluding hydrogens is 168 g/mol. The second-order valence-corrected chi connectivity index (χ2v) is 3.75. The summed E-state index contributed by atoms with van der Waals surface area (Å²) in [5.41, 5.74) is 0. The number of carbonyl (C=O) groups is 1. The molecule has 0 radical (unpaired) electrons. The highest BCUT2D eigenvalue weighted by molar-refractivity contribution is 5.69. The van der Waals surface area contributed by atoms with E-state index in [0.29, 0.717) is 5.92 Å². The van der Waals surface area contributed by atoms with Gasteiger partial charge in [-0.05, 0) is 18.8 Å². The van der Waals surface area contributed by atoms with Gasteiger partial charge in [0.25, 0.3) is 0 Å². The fourth-order valence-corrected chi connectivity index (χ4v) is 1.94. The van der Waals surface area contributed by atoms with E-state index in [2.05, 4.69) is 4.74 Å². The van der Waals surface area contributed by atoms with Gasteiger partial charge in [-0.3, -0.25) is 4.79 Å². The summed E-state index contributed by atoms with van der Waals surface area (Å²) in [4.78, 5) is 10.9. The Balaban J connectivity index is 2.28. The predicted molar refractivity (Wildman–Crippen MR) is 49.2 cm³/mol. The molecule has 3 heteroatoms. The fraction of sp³-hybridized carbons (Fsp3) is 0.900. The summed E-state index contributed by atoms with van der Waals surface area (Å²) in [6.07, 6.45) is 5.40. The van der Waals surface area contributed by atoms with Crippen LogP contribution in [0, 0.1) is 5.92 Å². The van der Waals surface area contributed by atoms with Crippen molar-refractivity contribution in [2.75, 3.05) is 7.11 Å². The molecule has 0 saturated heterocycles. The molecular formula is C10H18O3. The third-order valence-electron chi connectivity index (χ3n) is 2.80. The molecule has 0 aromatic heterocycles. The molecule has 13 heavy (non-hydrogen) atoms. The lowest BCUT2D eigenvalue weighted by Gasteiger charge is -2.25. The molecule has 0 unspecified atom stereocenters. The van der Waals surface area contributed by atoms with E-state index in [1.54, 1.807) is 0 Å². The fourth-order valence-electron chi connectivity index (χ4n) is 1.94. The molecule has 0 heterocycles. The zero-order valence-electron chi connectivity index (χ0n) is 8.16. The number of hydrogen-bond donors (Lipinski definition) is 1. The molecule has 1 rings (SSSR count). The van der Waals surface area contributed by atoms with Gasteiger partial charge in [0.1, 0.15) is 0 Å². The molecule has 1 atom stereocenters. The van der Waals surface area contributed by atoms with Crippen molar-refractivity contribution in [1.29, 1.82) is 0 Å². The summed E-state index contributed by atoms with van der Waals surface area (Å²) in [6, 6.07) is 0. The smallest absolute Gasteiger partial charge is 0.308 e. The van der Waals surface area contributed by atoms with Gasteiger partial charge >= 0.3 is 5.97 Å². The Labute approximate surface area is 79.1 Å². The van der Waals surface area contributed by atoms with E-state index in [1.807, 2.05) is 0 Å². The third kappa shape index (κ3) is 3.35. The van der Waals surface area contributed by atoms with Gasteiger partial charge in [0, 0.05) is 0 Å². The number of aliphatic hydroxyl groups excluding tert-OH is 1. The van der Waals surface area contributed by atoms with Crippen LogP contribution in [-0.4, -0.2) is 24.3 Å². The number of esters is 1. The molecule has 3 nitrogen and oxygen atoms in total. The van der Waals surface area contributed by atoms with Crippen LogP contribution < -0.4 is 0 Å². The van der Waals surface area contributed by atoms with Crippen LogP contribution in [0.25, 0.3) is 0 Å². The third-order valence-corrected chi connectivity index (χ3v) is 2.80. The molecule has 0 aromatic rings. The van der Waals surface area contributed by atoms with Crippen LogP contribution in [0.4, 0.5) is 0 Å². The Hall–Kier alpha value is -0.570. The van der Waals surface area contributed by atoms with Gasteiger partial charge in [0.15, 0.2) is 0 Å². The number of hydrogen-bond acceptors (Lipinski definition) is 3. The predicted octanol–water partition coefficient (Wildman–Crippen LogP) is 1.49. The van der Waals surface area contributed by atoms with Crippen molar-refractivity contribution >= 4 is 5.97 Å². The Morgan fingerprint density at radius 2 is 2.08 bits per heavy atom. The highest BCUT2D eigenvalue weighted by atomic mass is 16.5. The molecule has 0 aromatic carbocycles. The van der Waals surface area contributed by atoms with Gasteiger partial charge in [0.05, 0.1) is 19.6 Å². The van der Waals surface area contributed by atoms with E-state index in [1.165, 1.54) is 26.4 Å². The van der Waals surface area contributed by atoms with Gasteiger partial charge in [-0.2, -0.15) is 0 Å². The maximum absolute atomic E-state index is 10.9. The lowest BCUT2D eigenvalue weighted by molar-refractivity contribution is -0.143. The molecule has 1 N–H and O–H groups in total. The van der Waals surface area contributed by atoms with E-state index >= 15 is 0 Å². The highest BCUT2D eigenvalue weighted by Crippen LogP contribution is 2.27. The lowest BCUT2D eigenvalue weighted by atomic mass is 9.84. The van der Waals surface area contributed by atoms with E-state index in [9.17, 15) is 9.90 Å². The van der Waals surface area contributed by atoms with Crippen LogP contribution >= 0.6 is 0 Å². The van der Waals surface area contributed by atoms with E-state index in [-0.39, 0.29) is 12.4 Å². The first kappa shape index (κ1) is 10.5. The number of methoxy groups -OCH3 is 1. The van der Waals surface area contributed by atoms with Crippen molar-refractivity contribution in [1.82, 2.24) is 0 Å². The van der Waals surface area contributed by atoms with Crippen LogP contribution in [-0.2, 0) is 9.53 Å². The Morgan fingerprint density at radius 1 is 1.46 bits per heavy atom. The van der Waals surface area contributed by atoms with Gasteiger partial charge in [-0.25, -0.2) is 0 Å². The molecule has 1 aliphatic rings. The maximum atomic E-state index is 10.9. The Kier molecular flexibility index (Phi) is 4.22. The number of ether oxygens (including phenoxy) is 1. The first-order valence-corrected chi connectivity index (χ1v) is 4.99. The zero-order chi connectivity index (χ0) is 9.68. The number of carbonyl (C=O) groups excluding carboxylic acids is 1. The number of rotatable bonds is 3. The largest absolute Gasteiger partial charge is 0.469 e. The second kappa shape index (κ2) is 5.22. The lowest BCUT2D eigenvalue weighted by Crippen LogP contribution is -2.26. The Morgan fingerprint density at radius 3 is 2.62 bits per heavy atom. The summed E-state index contributed by atoms with van der Waals surface area (Å²) in [6.45, 7) is 0. The van der Waals surface area contributed by atoms with Crippen LogP contribution in [0.5, 0.6) is 0 Å². The molecule has 1 fully saturated rings. The van der Waals surface area contributed by atoms with Crippen molar-refractivity contribution in [3.8, 4) is 0 Å². The average Bonchev–Trinajstić information content (AvgIpc) is 2.19. The zero-order valence-corrected chi connectivity index (χ0v) is 8.16. The maximum Gasteiger partial charge on any atom is 0.308 e. The summed E-state index contributed by atoms with van der Waals surface area (Å²) in [5, 5.41) is 9.67. The van der Waals surface area contributed by atoms with Crippen molar-refractivity contribution in [3.05, 3.63) is 0 Å². The van der Waals surface area contributed by atoms with Crippen LogP contribution in [0.15, 0.2) is 0 Å². The minimum absolute atomic E-state index is 0.154. The molecule has 1 aliphatic carbocycles. The SMILES string of the molecule is COC(=O)C[C@@H](O)C1CCCCC1. The molecule has 0 aliphatic heterocycles. The van der Waals surface area contributed by atoms with Gasteiger partial charge in [0.2, 0.25) is 0 Å². The van der Waals surface area contributed by atoms with E-state index in [0.717, 1.165) is 12.8 Å². The number of aliphatic hydroxyl groups is 1. The summed E-state index contributed by atoms with van der Waals surface area (Å²) >= 11 is 0. The quantitative estimate of drug-likeness (QED) is 0.679. The summed E-state index contributed by atoms with van der Waals surface area (Å²) in [7, 11) is 1.36. The minimum Gasteiger partial charge on any atom is -0.469 e. The van der Waals surface area contributed by atoms with Crippen molar-refractivity contribution in [3.63, 3.8) is 0 Å². The second-order valence-electron chi connectivity index (χ2n) is 3.75. The van der Waals surface area contributed by atoms with E-state index < -0.39 is 6.10 Å². The van der Waals surface area contributed by atoms with Crippen LogP contribution in [0.2, 0.25) is 0 Å². The standard InChI is InChI=1S/C10H18O3/c1-13-10(12)7-9(11)8-5-3-2-4-6-8/h8-9,11H,2-7H2,1H3/t9-/m1/s1. The molecule has 0 amide bonds. The van der Waals surface area contributed by atoms with Crippen LogP contribution in [0.1, 0.15) is 38.5 Å². The van der Waals surface area contributed by atoms with Crippen LogP contribution in [0.3, 0.4) is 0 Å². The van der Waals surface area contributed by atoms with E-state index in [4.69, 9.17) is 0 Å². The van der Waals surface area contributed by atoms with Gasteiger partial charge in [-0.1, -0.05) is 19.3 Å². The first-order chi connectivity index (χ1) is 6.24. The summed E-state index contributed by atoms with van der Waals surface area (Å²) < 4.78 is 4.51. The average molecular weight is 186 g/mol. The van der Waals surface area contributed by atoms with Crippen molar-refractivity contribution in [2.24, 2.45) is 5.92 Å². The highest BCUT2D eigenvalue weighted by Gasteiger charge is 2.23. The van der Waals surface area contributed by atoms with Crippen molar-refractivity contribution < 1.29 is 14.6 Å². The monoisotopic (exact) mass is 186 g/mol. The van der Waals surface area contributed by atoms with Gasteiger partial charge < -0.3 is 9.84 Å². The molecule has 0 bridgehead atoms. The summed E-state index contributed by atoms with van der Waals surface area (Å²) in [5.74, 6) is 0.00548. The minimum atomic E-state index is -0.493. The topological polar surface area (TPSA) is 46.5 Å². The first-order valence-electron chi connectivity index (χ1n) is 4.99. The molecule has 1 saturated carbocycles. The van der Waals surface area contributed by atoms with Crippen molar-refractivity contribution in [2.45, 2.75) is 44.6 Å². The molecule has 76 valence electrons. The van der Waals surface area contributed by atoms with Gasteiger partial charge in [-0.15, -0.1) is 0 Å². The molecule has 0 spiro atoms. The Bertz CT molecular complexity index is 162. The normalized spacial score (nSPS) is 21.1.